The van der Waals surface area contributed by atoms with Crippen molar-refractivity contribution in [3.63, 3.8) is 0 Å². The lowest BCUT2D eigenvalue weighted by molar-refractivity contribution is 0.0691. The lowest BCUT2D eigenvalue weighted by Crippen LogP contribution is -2.41. The molecule has 104 valence electrons. The van der Waals surface area contributed by atoms with Crippen LogP contribution in [0.4, 0.5) is 4.79 Å². The molecule has 1 aromatic heterocycles. The number of carboxylic acid groups (broad SMARTS) is 1. The Morgan fingerprint density at radius 1 is 1.53 bits per heavy atom. The molecule has 2 atom stereocenters. The number of hydrogen-bond acceptors (Lipinski definition) is 4. The molecule has 3 N–H and O–H groups in total. The molecule has 1 aromatic rings. The van der Waals surface area contributed by atoms with Crippen LogP contribution in [0.2, 0.25) is 0 Å². The van der Waals surface area contributed by atoms with Gasteiger partial charge in [0.2, 0.25) is 0 Å². The number of nitrogens with one attached hydrogen (secondary N) is 2. The third-order valence-corrected chi connectivity index (χ3v) is 3.38. The average Bonchev–Trinajstić information content (AvgIpc) is 2.77. The summed E-state index contributed by atoms with van der Waals surface area (Å²) < 4.78 is 0. The fraction of sp³-hybridized carbons (Fsp3) is 0.417. The Bertz CT molecular complexity index is 473. The predicted molar refractivity (Wildman–Crippen MR) is 73.4 cm³/mol. The van der Waals surface area contributed by atoms with Gasteiger partial charge >= 0.3 is 12.0 Å². The zero-order valence-corrected chi connectivity index (χ0v) is 11.7. The van der Waals surface area contributed by atoms with Gasteiger partial charge in [-0.25, -0.2) is 14.6 Å². The maximum atomic E-state index is 11.7. The Labute approximate surface area is 115 Å². The topological polar surface area (TPSA) is 91.3 Å². The fourth-order valence-corrected chi connectivity index (χ4v) is 2.22. The molecule has 19 heavy (non-hydrogen) atoms. The van der Waals surface area contributed by atoms with Crippen molar-refractivity contribution in [1.29, 1.82) is 0 Å². The van der Waals surface area contributed by atoms with Gasteiger partial charge in [0.1, 0.15) is 5.01 Å². The molecular formula is C12H17N3O3S. The summed E-state index contributed by atoms with van der Waals surface area (Å²) in [6, 6.07) is -0.654. The zero-order valence-electron chi connectivity index (χ0n) is 10.8. The van der Waals surface area contributed by atoms with Crippen molar-refractivity contribution in [3.05, 3.63) is 28.7 Å². The minimum atomic E-state index is -1.07. The number of aromatic carboxylic acids is 1. The number of carbonyl (C=O) groups is 2. The summed E-state index contributed by atoms with van der Waals surface area (Å²) in [6.07, 6.45) is 2.41. The van der Waals surface area contributed by atoms with Crippen molar-refractivity contribution in [2.24, 2.45) is 0 Å². The first kappa shape index (κ1) is 15.2. The molecule has 0 fully saturated rings. The Morgan fingerprint density at radius 2 is 2.21 bits per heavy atom. The Balaban J connectivity index is 2.53. The molecular weight excluding hydrogens is 266 g/mol. The highest BCUT2D eigenvalue weighted by Gasteiger charge is 2.16. The van der Waals surface area contributed by atoms with Crippen molar-refractivity contribution in [3.8, 4) is 0 Å². The number of urea groups is 1. The van der Waals surface area contributed by atoms with E-state index in [2.05, 4.69) is 22.2 Å². The molecule has 0 aliphatic carbocycles. The summed E-state index contributed by atoms with van der Waals surface area (Å²) in [6.45, 7) is 7.23. The van der Waals surface area contributed by atoms with Crippen LogP contribution >= 0.6 is 11.3 Å². The van der Waals surface area contributed by atoms with Gasteiger partial charge in [0.15, 0.2) is 5.69 Å². The average molecular weight is 283 g/mol. The summed E-state index contributed by atoms with van der Waals surface area (Å²) in [4.78, 5) is 26.3. The molecule has 6 nitrogen and oxygen atoms in total. The van der Waals surface area contributed by atoms with E-state index in [9.17, 15) is 9.59 Å². The van der Waals surface area contributed by atoms with Gasteiger partial charge in [-0.1, -0.05) is 6.08 Å². The van der Waals surface area contributed by atoms with Gasteiger partial charge in [0, 0.05) is 11.4 Å². The van der Waals surface area contributed by atoms with E-state index in [1.165, 1.54) is 16.7 Å². The van der Waals surface area contributed by atoms with Crippen molar-refractivity contribution >= 4 is 23.3 Å². The van der Waals surface area contributed by atoms with E-state index in [-0.39, 0.29) is 23.8 Å². The first-order valence-electron chi connectivity index (χ1n) is 5.80. The Kier molecular flexibility index (Phi) is 5.50. The molecule has 0 spiro atoms. The molecule has 0 saturated carbocycles. The third-order valence-electron chi connectivity index (χ3n) is 2.36. The van der Waals surface area contributed by atoms with Gasteiger partial charge in [-0.2, -0.15) is 0 Å². The van der Waals surface area contributed by atoms with E-state index in [1.807, 2.05) is 6.92 Å². The van der Waals surface area contributed by atoms with E-state index < -0.39 is 5.97 Å². The minimum Gasteiger partial charge on any atom is -0.476 e. The monoisotopic (exact) mass is 283 g/mol. The van der Waals surface area contributed by atoms with E-state index in [4.69, 9.17) is 5.11 Å². The smallest absolute Gasteiger partial charge is 0.355 e. The summed E-state index contributed by atoms with van der Waals surface area (Å²) in [5, 5.41) is 16.2. The second-order valence-corrected chi connectivity index (χ2v) is 5.03. The number of thiazole rings is 1. The van der Waals surface area contributed by atoms with Crippen molar-refractivity contribution in [2.75, 3.05) is 0 Å². The highest BCUT2D eigenvalue weighted by atomic mass is 32.1. The molecule has 0 aromatic carbocycles. The maximum Gasteiger partial charge on any atom is 0.355 e. The molecule has 1 heterocycles. The van der Waals surface area contributed by atoms with Gasteiger partial charge in [-0.05, 0) is 20.3 Å². The number of carboxylic acids is 1. The first-order valence-corrected chi connectivity index (χ1v) is 6.68. The molecule has 1 rings (SSSR count). The molecule has 0 aliphatic heterocycles. The summed E-state index contributed by atoms with van der Waals surface area (Å²) in [5.74, 6) is -1.07. The standard InChI is InChI=1S/C12H17N3O3S/c1-4-5-7(2)13-12(18)14-8(3)10-15-9(6-19-10)11(16)17/h4,6-8H,1,5H2,2-3H3,(H,16,17)(H2,13,14,18). The van der Waals surface area contributed by atoms with Crippen LogP contribution in [0.25, 0.3) is 0 Å². The predicted octanol–water partition coefficient (Wildman–Crippen LogP) is 2.17. The quantitative estimate of drug-likeness (QED) is 0.698. The number of hydrogen-bond donors (Lipinski definition) is 3. The van der Waals surface area contributed by atoms with Gasteiger partial charge in [0.25, 0.3) is 0 Å². The van der Waals surface area contributed by atoms with Crippen molar-refractivity contribution in [2.45, 2.75) is 32.4 Å². The summed E-state index contributed by atoms with van der Waals surface area (Å²) in [7, 11) is 0. The van der Waals surface area contributed by atoms with E-state index in [1.54, 1.807) is 13.0 Å². The molecule has 0 saturated heterocycles. The Morgan fingerprint density at radius 3 is 2.74 bits per heavy atom. The SMILES string of the molecule is C=CCC(C)NC(=O)NC(C)c1nc(C(=O)O)cs1. The largest absolute Gasteiger partial charge is 0.476 e. The maximum absolute atomic E-state index is 11.7. The zero-order chi connectivity index (χ0) is 14.4. The molecule has 2 amide bonds. The molecule has 0 radical (unpaired) electrons. The Hall–Kier alpha value is -1.89. The highest BCUT2D eigenvalue weighted by molar-refractivity contribution is 7.09. The van der Waals surface area contributed by atoms with Crippen LogP contribution < -0.4 is 10.6 Å². The number of nitrogens with zero attached hydrogens (tertiary/aromatic N) is 1. The van der Waals surface area contributed by atoms with Gasteiger partial charge in [0.05, 0.1) is 6.04 Å². The van der Waals surface area contributed by atoms with Crippen LogP contribution in [0.1, 0.15) is 41.8 Å². The lowest BCUT2D eigenvalue weighted by atomic mass is 10.2. The summed E-state index contributed by atoms with van der Waals surface area (Å²) in [5.41, 5.74) is -0.00548. The van der Waals surface area contributed by atoms with Crippen LogP contribution in [0.5, 0.6) is 0 Å². The highest BCUT2D eigenvalue weighted by Crippen LogP contribution is 2.17. The lowest BCUT2D eigenvalue weighted by Gasteiger charge is -2.15. The van der Waals surface area contributed by atoms with Crippen LogP contribution in [-0.2, 0) is 0 Å². The molecule has 0 aliphatic rings. The van der Waals surface area contributed by atoms with Crippen LogP contribution in [0, 0.1) is 0 Å². The van der Waals surface area contributed by atoms with Crippen LogP contribution in [-0.4, -0.2) is 28.1 Å². The van der Waals surface area contributed by atoms with E-state index >= 15 is 0 Å². The molecule has 2 unspecified atom stereocenters. The number of aromatic nitrogens is 1. The van der Waals surface area contributed by atoms with Gasteiger partial charge in [-0.3, -0.25) is 0 Å². The van der Waals surface area contributed by atoms with Crippen molar-refractivity contribution in [1.82, 2.24) is 15.6 Å². The van der Waals surface area contributed by atoms with Crippen LogP contribution in [0.3, 0.4) is 0 Å². The van der Waals surface area contributed by atoms with Crippen LogP contribution in [0.15, 0.2) is 18.0 Å². The van der Waals surface area contributed by atoms with E-state index in [0.29, 0.717) is 11.4 Å². The minimum absolute atomic E-state index is 0.00410. The fourth-order valence-electron chi connectivity index (χ4n) is 1.42. The number of carbonyl (C=O) groups excluding carboxylic acids is 1. The second-order valence-electron chi connectivity index (χ2n) is 4.14. The number of amides is 2. The normalized spacial score (nSPS) is 13.4. The van der Waals surface area contributed by atoms with Gasteiger partial charge < -0.3 is 15.7 Å². The van der Waals surface area contributed by atoms with E-state index in [0.717, 1.165) is 0 Å². The summed E-state index contributed by atoms with van der Waals surface area (Å²) >= 11 is 1.21. The van der Waals surface area contributed by atoms with Gasteiger partial charge in [-0.15, -0.1) is 17.9 Å². The first-order chi connectivity index (χ1) is 8.93. The number of rotatable bonds is 6. The second kappa shape index (κ2) is 6.89. The van der Waals surface area contributed by atoms with Crippen molar-refractivity contribution < 1.29 is 14.7 Å². The molecule has 7 heteroatoms. The molecule has 0 bridgehead atoms. The third kappa shape index (κ3) is 4.70.